The van der Waals surface area contributed by atoms with Crippen LogP contribution < -0.4 is 0 Å². The van der Waals surface area contributed by atoms with Gasteiger partial charge in [0, 0.05) is 6.07 Å². The van der Waals surface area contributed by atoms with E-state index < -0.39 is 29.8 Å². The molecule has 0 amide bonds. The Morgan fingerprint density at radius 2 is 1.77 bits per heavy atom. The molecule has 0 saturated heterocycles. The van der Waals surface area contributed by atoms with Crippen molar-refractivity contribution in [1.82, 2.24) is 0 Å². The highest BCUT2D eigenvalue weighted by atomic mass is 19.3. The predicted molar refractivity (Wildman–Crippen MR) is 36.2 cm³/mol. The summed E-state index contributed by atoms with van der Waals surface area (Å²) in [6.45, 7) is -2.00. The molecule has 0 radical (unpaired) electrons. The first-order valence-corrected chi connectivity index (χ1v) is 3.36. The van der Waals surface area contributed by atoms with E-state index in [0.29, 0.717) is 18.2 Å². The Kier molecular flexibility index (Phi) is 2.54. The molecule has 1 aromatic carbocycles. The molecular formula is C8H5F5. The van der Waals surface area contributed by atoms with Crippen LogP contribution in [-0.2, 0) is 5.92 Å². The molecule has 0 aliphatic rings. The molecule has 0 aliphatic carbocycles. The van der Waals surface area contributed by atoms with Gasteiger partial charge in [0.05, 0.1) is 5.56 Å². The van der Waals surface area contributed by atoms with Crippen LogP contribution in [-0.4, -0.2) is 6.67 Å². The van der Waals surface area contributed by atoms with Gasteiger partial charge in [0.2, 0.25) is 0 Å². The largest absolute Gasteiger partial charge is 0.303 e. The molecule has 0 unspecified atom stereocenters. The van der Waals surface area contributed by atoms with E-state index in [4.69, 9.17) is 0 Å². The predicted octanol–water partition coefficient (Wildman–Crippen LogP) is 3.03. The monoisotopic (exact) mass is 196 g/mol. The lowest BCUT2D eigenvalue weighted by atomic mass is 10.1. The summed E-state index contributed by atoms with van der Waals surface area (Å²) in [5, 5.41) is 0. The smallest absolute Gasteiger partial charge is 0.244 e. The van der Waals surface area contributed by atoms with Crippen LogP contribution in [0.15, 0.2) is 18.2 Å². The maximum absolute atomic E-state index is 12.6. The van der Waals surface area contributed by atoms with Gasteiger partial charge in [-0.1, -0.05) is 0 Å². The SMILES string of the molecule is FCC(F)(F)c1ccc(F)cc1F. The van der Waals surface area contributed by atoms with E-state index in [0.717, 1.165) is 0 Å². The van der Waals surface area contributed by atoms with E-state index in [1.54, 1.807) is 0 Å². The molecule has 0 N–H and O–H groups in total. The second kappa shape index (κ2) is 3.32. The molecule has 0 atom stereocenters. The zero-order valence-electron chi connectivity index (χ0n) is 6.33. The Hall–Kier alpha value is -1.13. The van der Waals surface area contributed by atoms with Gasteiger partial charge in [-0.05, 0) is 12.1 Å². The normalized spacial score (nSPS) is 11.8. The number of rotatable bonds is 2. The molecule has 0 nitrogen and oxygen atoms in total. The van der Waals surface area contributed by atoms with E-state index in [9.17, 15) is 22.0 Å². The van der Waals surface area contributed by atoms with E-state index in [1.807, 2.05) is 0 Å². The van der Waals surface area contributed by atoms with Crippen molar-refractivity contribution >= 4 is 0 Å². The first kappa shape index (κ1) is 9.95. The highest BCUT2D eigenvalue weighted by molar-refractivity contribution is 5.23. The lowest BCUT2D eigenvalue weighted by Crippen LogP contribution is -2.17. The zero-order valence-corrected chi connectivity index (χ0v) is 6.33. The Balaban J connectivity index is 3.16. The standard InChI is InChI=1S/C8H5F5/c9-4-8(12,13)6-2-1-5(10)3-7(6)11/h1-3H,4H2. The Labute approximate surface area is 71.0 Å². The van der Waals surface area contributed by atoms with E-state index in [2.05, 4.69) is 0 Å². The Bertz CT molecular complexity index is 307. The average molecular weight is 196 g/mol. The summed E-state index contributed by atoms with van der Waals surface area (Å²) in [5.74, 6) is -6.31. The third kappa shape index (κ3) is 1.96. The summed E-state index contributed by atoms with van der Waals surface area (Å²) in [6, 6.07) is 1.48. The van der Waals surface area contributed by atoms with Gasteiger partial charge >= 0.3 is 5.92 Å². The van der Waals surface area contributed by atoms with Gasteiger partial charge in [0.25, 0.3) is 0 Å². The third-order valence-corrected chi connectivity index (χ3v) is 1.49. The van der Waals surface area contributed by atoms with Crippen molar-refractivity contribution in [3.05, 3.63) is 35.4 Å². The Morgan fingerprint density at radius 3 is 2.23 bits per heavy atom. The van der Waals surface area contributed by atoms with Gasteiger partial charge in [-0.15, -0.1) is 0 Å². The van der Waals surface area contributed by atoms with Gasteiger partial charge in [0.15, 0.2) is 6.67 Å². The molecule has 0 aromatic heterocycles. The summed E-state index contributed by atoms with van der Waals surface area (Å²) in [6.07, 6.45) is 0. The number of alkyl halides is 3. The van der Waals surface area contributed by atoms with E-state index in [-0.39, 0.29) is 0 Å². The van der Waals surface area contributed by atoms with Crippen LogP contribution in [0.5, 0.6) is 0 Å². The van der Waals surface area contributed by atoms with Crippen molar-refractivity contribution in [2.45, 2.75) is 5.92 Å². The van der Waals surface area contributed by atoms with E-state index in [1.165, 1.54) is 0 Å². The lowest BCUT2D eigenvalue weighted by Gasteiger charge is -2.12. The second-order valence-corrected chi connectivity index (χ2v) is 2.46. The summed E-state index contributed by atoms with van der Waals surface area (Å²) >= 11 is 0. The summed E-state index contributed by atoms with van der Waals surface area (Å²) in [4.78, 5) is 0. The van der Waals surface area contributed by atoms with Crippen LogP contribution in [0, 0.1) is 11.6 Å². The quantitative estimate of drug-likeness (QED) is 0.638. The molecule has 0 fully saturated rings. The van der Waals surface area contributed by atoms with Crippen LogP contribution in [0.3, 0.4) is 0 Å². The zero-order chi connectivity index (χ0) is 10.1. The number of hydrogen-bond acceptors (Lipinski definition) is 0. The molecule has 0 heterocycles. The molecule has 1 aromatic rings. The minimum atomic E-state index is -3.89. The molecule has 0 aliphatic heterocycles. The number of hydrogen-bond donors (Lipinski definition) is 0. The molecule has 0 saturated carbocycles. The summed E-state index contributed by atoms with van der Waals surface area (Å²) in [7, 11) is 0. The number of halogens is 5. The maximum Gasteiger partial charge on any atom is 0.303 e. The summed E-state index contributed by atoms with van der Waals surface area (Å²) < 4.78 is 61.7. The lowest BCUT2D eigenvalue weighted by molar-refractivity contribution is -0.0312. The van der Waals surface area contributed by atoms with E-state index >= 15 is 0 Å². The molecule has 0 bridgehead atoms. The molecule has 1 rings (SSSR count). The Morgan fingerprint density at radius 1 is 1.15 bits per heavy atom. The van der Waals surface area contributed by atoms with Crippen molar-refractivity contribution in [2.75, 3.05) is 6.67 Å². The molecule has 5 heteroatoms. The first-order valence-electron chi connectivity index (χ1n) is 3.36. The fraction of sp³-hybridized carbons (Fsp3) is 0.250. The number of benzene rings is 1. The summed E-state index contributed by atoms with van der Waals surface area (Å²) in [5.41, 5.74) is -1.13. The topological polar surface area (TPSA) is 0 Å². The van der Waals surface area contributed by atoms with Crippen molar-refractivity contribution in [1.29, 1.82) is 0 Å². The molecule has 13 heavy (non-hydrogen) atoms. The molecule has 0 spiro atoms. The third-order valence-electron chi connectivity index (χ3n) is 1.49. The van der Waals surface area contributed by atoms with Crippen LogP contribution in [0.4, 0.5) is 22.0 Å². The minimum absolute atomic E-state index is 0.291. The maximum atomic E-state index is 12.6. The average Bonchev–Trinajstić information content (AvgIpc) is 2.03. The van der Waals surface area contributed by atoms with Crippen molar-refractivity contribution in [3.63, 3.8) is 0 Å². The van der Waals surface area contributed by atoms with Crippen molar-refractivity contribution in [2.24, 2.45) is 0 Å². The second-order valence-electron chi connectivity index (χ2n) is 2.46. The van der Waals surface area contributed by atoms with Gasteiger partial charge in [-0.3, -0.25) is 0 Å². The van der Waals surface area contributed by atoms with Crippen LogP contribution in [0.1, 0.15) is 5.56 Å². The van der Waals surface area contributed by atoms with Gasteiger partial charge < -0.3 is 0 Å². The highest BCUT2D eigenvalue weighted by Gasteiger charge is 2.34. The minimum Gasteiger partial charge on any atom is -0.244 e. The molecule has 72 valence electrons. The molecular weight excluding hydrogens is 191 g/mol. The fourth-order valence-corrected chi connectivity index (χ4v) is 0.858. The van der Waals surface area contributed by atoms with Gasteiger partial charge in [0.1, 0.15) is 11.6 Å². The van der Waals surface area contributed by atoms with Crippen LogP contribution in [0.25, 0.3) is 0 Å². The van der Waals surface area contributed by atoms with Crippen LogP contribution >= 0.6 is 0 Å². The van der Waals surface area contributed by atoms with Crippen LogP contribution in [0.2, 0.25) is 0 Å². The van der Waals surface area contributed by atoms with Gasteiger partial charge in [-0.25, -0.2) is 13.2 Å². The van der Waals surface area contributed by atoms with Gasteiger partial charge in [-0.2, -0.15) is 8.78 Å². The first-order chi connectivity index (χ1) is 5.97. The fourth-order valence-electron chi connectivity index (χ4n) is 0.858. The highest BCUT2D eigenvalue weighted by Crippen LogP contribution is 2.30. The van der Waals surface area contributed by atoms with Crippen molar-refractivity contribution in [3.8, 4) is 0 Å². The van der Waals surface area contributed by atoms with Crippen molar-refractivity contribution < 1.29 is 22.0 Å².